The number of rotatable bonds is 11. The third-order valence-corrected chi connectivity index (χ3v) is 7.17. The molecule has 41 heavy (non-hydrogen) atoms. The van der Waals surface area contributed by atoms with Gasteiger partial charge in [0.1, 0.15) is 18.2 Å². The second kappa shape index (κ2) is 13.7. The number of nitrogens with zero attached hydrogens (tertiary/aromatic N) is 2. The molecule has 4 atom stereocenters. The van der Waals surface area contributed by atoms with Crippen LogP contribution in [0.2, 0.25) is 0 Å². The van der Waals surface area contributed by atoms with Gasteiger partial charge in [-0.1, -0.05) is 37.3 Å². The molecule has 1 aromatic carbocycles. The summed E-state index contributed by atoms with van der Waals surface area (Å²) >= 11 is 0. The molecule has 0 aliphatic carbocycles. The Morgan fingerprint density at radius 2 is 1.93 bits per heavy atom. The minimum atomic E-state index is -1.31. The molecule has 0 radical (unpaired) electrons. The van der Waals surface area contributed by atoms with Crippen molar-refractivity contribution in [2.24, 2.45) is 11.1 Å². The lowest BCUT2D eigenvalue weighted by Crippen LogP contribution is -2.61. The summed E-state index contributed by atoms with van der Waals surface area (Å²) in [5.74, 6) is -2.31. The fraction of sp³-hybridized carbons (Fsp3) is 0.500. The summed E-state index contributed by atoms with van der Waals surface area (Å²) in [6, 6.07) is 8.29. The van der Waals surface area contributed by atoms with E-state index in [0.717, 1.165) is 28.6 Å². The zero-order valence-corrected chi connectivity index (χ0v) is 24.6. The molecular formula is C30H41N5O6. The van der Waals surface area contributed by atoms with E-state index in [2.05, 4.69) is 22.7 Å². The molecule has 1 aliphatic rings. The summed E-state index contributed by atoms with van der Waals surface area (Å²) < 4.78 is 11.0. The van der Waals surface area contributed by atoms with E-state index in [9.17, 15) is 19.2 Å². The Morgan fingerprint density at radius 3 is 2.59 bits per heavy atom. The normalized spacial score (nSPS) is 18.1. The second-order valence-corrected chi connectivity index (χ2v) is 10.9. The van der Waals surface area contributed by atoms with Crippen LogP contribution in [0.25, 0.3) is 17.0 Å². The number of nitrogens with one attached hydrogen (secondary N) is 2. The van der Waals surface area contributed by atoms with Gasteiger partial charge in [0.2, 0.25) is 12.0 Å². The molecule has 2 heterocycles. The van der Waals surface area contributed by atoms with Crippen molar-refractivity contribution in [1.82, 2.24) is 20.7 Å². The molecule has 11 nitrogen and oxygen atoms in total. The van der Waals surface area contributed by atoms with Crippen LogP contribution in [0, 0.1) is 5.41 Å². The smallest absolute Gasteiger partial charge is 0.316 e. The number of hydrazine groups is 1. The van der Waals surface area contributed by atoms with Crippen LogP contribution in [0.3, 0.4) is 0 Å². The molecule has 11 heteroatoms. The summed E-state index contributed by atoms with van der Waals surface area (Å²) in [4.78, 5) is 55.5. The largest absolute Gasteiger partial charge is 0.449 e. The number of amides is 3. The lowest BCUT2D eigenvalue weighted by Gasteiger charge is -2.34. The third kappa shape index (κ3) is 8.11. The quantitative estimate of drug-likeness (QED) is 0.350. The van der Waals surface area contributed by atoms with Gasteiger partial charge >= 0.3 is 5.97 Å². The van der Waals surface area contributed by atoms with Crippen molar-refractivity contribution in [3.8, 4) is 0 Å². The van der Waals surface area contributed by atoms with Crippen LogP contribution in [0.15, 0.2) is 36.4 Å². The van der Waals surface area contributed by atoms with E-state index in [1.165, 1.54) is 19.0 Å². The van der Waals surface area contributed by atoms with Crippen LogP contribution in [-0.2, 0) is 35.1 Å². The van der Waals surface area contributed by atoms with Gasteiger partial charge in [0, 0.05) is 24.7 Å². The predicted molar refractivity (Wildman–Crippen MR) is 155 cm³/mol. The van der Waals surface area contributed by atoms with Crippen LogP contribution in [-0.4, -0.2) is 71.6 Å². The molecule has 1 fully saturated rings. The van der Waals surface area contributed by atoms with Gasteiger partial charge in [-0.05, 0) is 64.7 Å². The lowest BCUT2D eigenvalue weighted by atomic mass is 9.92. The van der Waals surface area contributed by atoms with Gasteiger partial charge in [0.25, 0.3) is 11.8 Å². The van der Waals surface area contributed by atoms with Crippen molar-refractivity contribution in [2.75, 3.05) is 13.7 Å². The second-order valence-electron chi connectivity index (χ2n) is 10.9. The monoisotopic (exact) mass is 567 g/mol. The van der Waals surface area contributed by atoms with E-state index in [4.69, 9.17) is 15.2 Å². The standard InChI is InChI=1S/C30H41N5O6/c1-7-22-13-12-21-11-10-20(17-24(21)33-22)14-15-30(4,5)29(39)41-25(19(3)40-6)27(37)32-18(2)28(38)35-16-8-9-23(34-35)26(31)36/h10-15,17-19,23,25,34H,7-9,16H2,1-6H3,(H2,31,36)(H,32,37)/b15-14+/t18?,19-,23?,25?/m1/s1. The molecule has 1 aliphatic heterocycles. The van der Waals surface area contributed by atoms with Gasteiger partial charge in [-0.25, -0.2) is 5.43 Å². The topological polar surface area (TPSA) is 153 Å². The Kier molecular flexibility index (Phi) is 10.6. The Bertz CT molecular complexity index is 1310. The highest BCUT2D eigenvalue weighted by Crippen LogP contribution is 2.24. The number of hydrogen-bond donors (Lipinski definition) is 3. The average molecular weight is 568 g/mol. The maximum absolute atomic E-state index is 13.2. The number of aromatic nitrogens is 1. The van der Waals surface area contributed by atoms with E-state index >= 15 is 0 Å². The highest BCUT2D eigenvalue weighted by atomic mass is 16.6. The molecule has 2 aromatic rings. The van der Waals surface area contributed by atoms with Crippen LogP contribution < -0.4 is 16.5 Å². The number of hydrogen-bond acceptors (Lipinski definition) is 8. The van der Waals surface area contributed by atoms with E-state index in [1.54, 1.807) is 26.8 Å². The highest BCUT2D eigenvalue weighted by molar-refractivity contribution is 5.91. The molecule has 222 valence electrons. The first kappa shape index (κ1) is 31.7. The summed E-state index contributed by atoms with van der Waals surface area (Å²) in [6.07, 6.45) is 3.39. The minimum Gasteiger partial charge on any atom is -0.449 e. The molecule has 1 saturated heterocycles. The van der Waals surface area contributed by atoms with Gasteiger partial charge in [-0.2, -0.15) is 0 Å². The summed E-state index contributed by atoms with van der Waals surface area (Å²) in [5, 5.41) is 4.92. The van der Waals surface area contributed by atoms with E-state index in [0.29, 0.717) is 19.4 Å². The predicted octanol–water partition coefficient (Wildman–Crippen LogP) is 2.27. The zero-order valence-electron chi connectivity index (χ0n) is 24.6. The molecule has 1 aromatic heterocycles. The number of pyridine rings is 1. The minimum absolute atomic E-state index is 0.364. The summed E-state index contributed by atoms with van der Waals surface area (Å²) in [7, 11) is 1.40. The Morgan fingerprint density at radius 1 is 1.22 bits per heavy atom. The number of ether oxygens (including phenoxy) is 2. The average Bonchev–Trinajstić information content (AvgIpc) is 2.97. The molecule has 0 bridgehead atoms. The summed E-state index contributed by atoms with van der Waals surface area (Å²) in [5.41, 5.74) is 9.82. The number of aryl methyl sites for hydroxylation is 1. The first-order valence-corrected chi connectivity index (χ1v) is 13.9. The number of esters is 1. The lowest BCUT2D eigenvalue weighted by molar-refractivity contribution is -0.170. The molecule has 0 spiro atoms. The Hall–Kier alpha value is -3.83. The van der Waals surface area contributed by atoms with Gasteiger partial charge in [-0.15, -0.1) is 0 Å². The summed E-state index contributed by atoms with van der Waals surface area (Å²) in [6.45, 7) is 8.91. The number of nitrogens with two attached hydrogens (primary N) is 1. The highest BCUT2D eigenvalue weighted by Gasteiger charge is 2.37. The van der Waals surface area contributed by atoms with Crippen molar-refractivity contribution in [3.63, 3.8) is 0 Å². The number of benzene rings is 1. The maximum Gasteiger partial charge on any atom is 0.316 e. The van der Waals surface area contributed by atoms with Crippen LogP contribution in [0.1, 0.15) is 58.7 Å². The fourth-order valence-corrected chi connectivity index (χ4v) is 4.34. The van der Waals surface area contributed by atoms with Crippen molar-refractivity contribution in [3.05, 3.63) is 47.7 Å². The van der Waals surface area contributed by atoms with E-state index in [-0.39, 0.29) is 0 Å². The van der Waals surface area contributed by atoms with Crippen molar-refractivity contribution < 1.29 is 28.7 Å². The molecule has 3 amide bonds. The fourth-order valence-electron chi connectivity index (χ4n) is 4.34. The number of carbonyl (C=O) groups is 4. The van der Waals surface area contributed by atoms with Gasteiger partial charge in [0.05, 0.1) is 10.9 Å². The van der Waals surface area contributed by atoms with Gasteiger partial charge < -0.3 is 20.5 Å². The Balaban J connectivity index is 1.68. The molecule has 3 rings (SSSR count). The number of carbonyl (C=O) groups excluding carboxylic acids is 4. The third-order valence-electron chi connectivity index (χ3n) is 7.17. The van der Waals surface area contributed by atoms with Crippen molar-refractivity contribution in [1.29, 1.82) is 0 Å². The van der Waals surface area contributed by atoms with Crippen LogP contribution >= 0.6 is 0 Å². The molecular weight excluding hydrogens is 526 g/mol. The van der Waals surface area contributed by atoms with Crippen molar-refractivity contribution in [2.45, 2.75) is 78.2 Å². The SMILES string of the molecule is CCc1ccc2ccc(/C=C/C(C)(C)C(=O)OC(C(=O)NC(C)C(=O)N3CCCC(C(N)=O)N3)[C@@H](C)OC)cc2n1. The number of primary amides is 1. The van der Waals surface area contributed by atoms with Crippen LogP contribution in [0.4, 0.5) is 0 Å². The molecule has 0 saturated carbocycles. The van der Waals surface area contributed by atoms with Crippen molar-refractivity contribution >= 4 is 40.7 Å². The number of methoxy groups -OCH3 is 1. The van der Waals surface area contributed by atoms with E-state index < -0.39 is 53.4 Å². The maximum atomic E-state index is 13.2. The van der Waals surface area contributed by atoms with Crippen LogP contribution in [0.5, 0.6) is 0 Å². The first-order chi connectivity index (χ1) is 19.4. The van der Waals surface area contributed by atoms with Gasteiger partial charge in [0.15, 0.2) is 0 Å². The zero-order chi connectivity index (χ0) is 30.3. The Labute approximate surface area is 240 Å². The van der Waals surface area contributed by atoms with E-state index in [1.807, 2.05) is 36.4 Å². The van der Waals surface area contributed by atoms with Gasteiger partial charge in [-0.3, -0.25) is 29.2 Å². The molecule has 3 unspecified atom stereocenters. The number of fused-ring (bicyclic) bond motifs is 1. The molecule has 4 N–H and O–H groups in total. The first-order valence-electron chi connectivity index (χ1n) is 13.9.